The molecular weight excluding hydrogens is 432 g/mol. The minimum atomic E-state index is -0.269. The Morgan fingerprint density at radius 1 is 0.800 bits per heavy atom. The summed E-state index contributed by atoms with van der Waals surface area (Å²) in [7, 11) is 0. The van der Waals surface area contributed by atoms with Crippen LogP contribution in [0.1, 0.15) is 85.3 Å². The third-order valence-electron chi connectivity index (χ3n) is 6.05. The van der Waals surface area contributed by atoms with Crippen molar-refractivity contribution < 1.29 is 9.53 Å². The first-order chi connectivity index (χ1) is 16.5. The van der Waals surface area contributed by atoms with E-state index in [2.05, 4.69) is 62.6 Å². The van der Waals surface area contributed by atoms with E-state index in [9.17, 15) is 4.79 Å². The third kappa shape index (κ3) is 12.3. The van der Waals surface area contributed by atoms with Crippen molar-refractivity contribution in [2.75, 3.05) is 0 Å². The van der Waals surface area contributed by atoms with Crippen molar-refractivity contribution in [2.24, 2.45) is 11.8 Å². The van der Waals surface area contributed by atoms with Gasteiger partial charge >= 0.3 is 0 Å². The average Bonchev–Trinajstić information content (AvgIpc) is 2.79. The molecule has 1 atom stereocenters. The van der Waals surface area contributed by atoms with E-state index in [0.717, 1.165) is 42.6 Å². The number of nitrogens with one attached hydrogen (secondary N) is 2. The second-order valence-corrected chi connectivity index (χ2v) is 11.7. The maximum Gasteiger partial charge on any atom is 0.237 e. The summed E-state index contributed by atoms with van der Waals surface area (Å²) in [6.07, 6.45) is 5.17. The lowest BCUT2D eigenvalue weighted by Gasteiger charge is -2.30. The largest absolute Gasteiger partial charge is 0.489 e. The minimum Gasteiger partial charge on any atom is -0.489 e. The smallest absolute Gasteiger partial charge is 0.237 e. The number of rotatable bonds is 14. The summed E-state index contributed by atoms with van der Waals surface area (Å²) in [5.41, 5.74) is 2.01. The first kappa shape index (κ1) is 28.9. The molecule has 0 radical (unpaired) electrons. The van der Waals surface area contributed by atoms with Crippen LogP contribution in [0.15, 0.2) is 54.6 Å². The average molecular weight is 481 g/mol. The van der Waals surface area contributed by atoms with Gasteiger partial charge in [-0.1, -0.05) is 70.2 Å². The molecule has 35 heavy (non-hydrogen) atoms. The Hall–Kier alpha value is -2.33. The number of benzene rings is 2. The molecule has 0 aliphatic heterocycles. The van der Waals surface area contributed by atoms with E-state index < -0.39 is 0 Å². The summed E-state index contributed by atoms with van der Waals surface area (Å²) < 4.78 is 5.94. The van der Waals surface area contributed by atoms with Gasteiger partial charge in [0.1, 0.15) is 12.4 Å². The lowest BCUT2D eigenvalue weighted by atomic mass is 9.95. The number of ether oxygens (including phenoxy) is 1. The van der Waals surface area contributed by atoms with Gasteiger partial charge in [-0.05, 0) is 88.0 Å². The Balaban J connectivity index is 2.09. The zero-order chi connectivity index (χ0) is 25.8. The molecule has 0 spiro atoms. The van der Waals surface area contributed by atoms with Crippen molar-refractivity contribution in [1.29, 1.82) is 0 Å². The van der Waals surface area contributed by atoms with E-state index in [0.29, 0.717) is 30.9 Å². The van der Waals surface area contributed by atoms with Crippen LogP contribution < -0.4 is 15.4 Å². The van der Waals surface area contributed by atoms with Crippen LogP contribution in [0.5, 0.6) is 5.75 Å². The fourth-order valence-corrected chi connectivity index (χ4v) is 4.05. The summed E-state index contributed by atoms with van der Waals surface area (Å²) in [6.45, 7) is 15.7. The summed E-state index contributed by atoms with van der Waals surface area (Å²) in [4.78, 5) is 13.3. The monoisotopic (exact) mass is 480 g/mol. The lowest BCUT2D eigenvalue weighted by Crippen LogP contribution is -2.54. The van der Waals surface area contributed by atoms with Crippen molar-refractivity contribution in [3.8, 4) is 5.75 Å². The quantitative estimate of drug-likeness (QED) is 0.308. The fourth-order valence-electron chi connectivity index (χ4n) is 4.05. The molecule has 4 heteroatoms. The van der Waals surface area contributed by atoms with Gasteiger partial charge < -0.3 is 15.4 Å². The second-order valence-electron chi connectivity index (χ2n) is 11.7. The molecule has 0 aliphatic rings. The lowest BCUT2D eigenvalue weighted by molar-refractivity contribution is -0.124. The molecule has 2 aromatic rings. The highest BCUT2D eigenvalue weighted by atomic mass is 16.5. The Kier molecular flexibility index (Phi) is 11.8. The number of hydrogen-bond donors (Lipinski definition) is 2. The highest BCUT2D eigenvalue weighted by Gasteiger charge is 2.26. The fraction of sp³-hybridized carbons (Fsp3) is 0.581. The van der Waals surface area contributed by atoms with Gasteiger partial charge in [-0.25, -0.2) is 0 Å². The Morgan fingerprint density at radius 2 is 1.37 bits per heavy atom. The zero-order valence-corrected chi connectivity index (χ0v) is 23.1. The maximum absolute atomic E-state index is 13.3. The van der Waals surface area contributed by atoms with E-state index in [4.69, 9.17) is 4.74 Å². The van der Waals surface area contributed by atoms with Crippen LogP contribution in [-0.4, -0.2) is 23.5 Å². The van der Waals surface area contributed by atoms with Crippen molar-refractivity contribution in [1.82, 2.24) is 10.6 Å². The maximum atomic E-state index is 13.3. The van der Waals surface area contributed by atoms with Gasteiger partial charge in [0.05, 0.1) is 6.04 Å². The van der Waals surface area contributed by atoms with Gasteiger partial charge in [0, 0.05) is 11.6 Å². The van der Waals surface area contributed by atoms with Crippen molar-refractivity contribution in [2.45, 2.75) is 105 Å². The molecule has 2 aromatic carbocycles. The van der Waals surface area contributed by atoms with Gasteiger partial charge in [-0.15, -0.1) is 0 Å². The van der Waals surface area contributed by atoms with E-state index in [1.807, 2.05) is 51.1 Å². The van der Waals surface area contributed by atoms with Crippen LogP contribution in [0, 0.1) is 11.8 Å². The van der Waals surface area contributed by atoms with E-state index in [1.54, 1.807) is 0 Å². The van der Waals surface area contributed by atoms with Gasteiger partial charge in [0.15, 0.2) is 0 Å². The Morgan fingerprint density at radius 3 is 1.89 bits per heavy atom. The number of hydrogen-bond acceptors (Lipinski definition) is 3. The Labute approximate surface area is 214 Å². The van der Waals surface area contributed by atoms with Gasteiger partial charge in [-0.2, -0.15) is 0 Å². The highest BCUT2D eigenvalue weighted by molar-refractivity contribution is 5.82. The van der Waals surface area contributed by atoms with E-state index in [1.165, 1.54) is 0 Å². The summed E-state index contributed by atoms with van der Waals surface area (Å²) >= 11 is 0. The van der Waals surface area contributed by atoms with Gasteiger partial charge in [-0.3, -0.25) is 4.79 Å². The van der Waals surface area contributed by atoms with Gasteiger partial charge in [0.2, 0.25) is 5.91 Å². The van der Waals surface area contributed by atoms with Crippen LogP contribution in [0.25, 0.3) is 0 Å². The van der Waals surface area contributed by atoms with Gasteiger partial charge in [0.25, 0.3) is 0 Å². The standard InChI is InChI=1S/C31H48N2O2/c1-23(2)13-17-27(18-14-24(3)4)32-29(30(34)33-31(5,6)7)21-25-15-19-28(20-16-25)35-22-26-11-9-8-10-12-26/h8-12,15-16,19-20,23-24,27,29,32H,13-14,17-18,21-22H2,1-7H3,(H,33,34). The van der Waals surface area contributed by atoms with Crippen LogP contribution in [0.4, 0.5) is 0 Å². The second kappa shape index (κ2) is 14.3. The molecule has 0 saturated carbocycles. The molecule has 2 rings (SSSR count). The molecule has 1 amide bonds. The molecule has 0 fully saturated rings. The molecule has 0 aliphatic carbocycles. The van der Waals surface area contributed by atoms with Crippen LogP contribution >= 0.6 is 0 Å². The topological polar surface area (TPSA) is 50.4 Å². The van der Waals surface area contributed by atoms with Crippen molar-refractivity contribution in [3.05, 3.63) is 65.7 Å². The van der Waals surface area contributed by atoms with E-state index in [-0.39, 0.29) is 17.5 Å². The first-order valence-corrected chi connectivity index (χ1v) is 13.4. The SMILES string of the molecule is CC(C)CCC(CCC(C)C)NC(Cc1ccc(OCc2ccccc2)cc1)C(=O)NC(C)(C)C. The number of amides is 1. The predicted molar refractivity (Wildman–Crippen MR) is 148 cm³/mol. The molecule has 4 nitrogen and oxygen atoms in total. The molecule has 194 valence electrons. The molecule has 0 bridgehead atoms. The molecular formula is C31H48N2O2. The minimum absolute atomic E-state index is 0.0704. The summed E-state index contributed by atoms with van der Waals surface area (Å²) in [5, 5.41) is 6.95. The summed E-state index contributed by atoms with van der Waals surface area (Å²) in [6, 6.07) is 18.4. The summed E-state index contributed by atoms with van der Waals surface area (Å²) in [5.74, 6) is 2.22. The van der Waals surface area contributed by atoms with Crippen LogP contribution in [-0.2, 0) is 17.8 Å². The van der Waals surface area contributed by atoms with E-state index >= 15 is 0 Å². The first-order valence-electron chi connectivity index (χ1n) is 13.4. The number of carbonyl (C=O) groups excluding carboxylic acids is 1. The molecule has 1 unspecified atom stereocenters. The number of carbonyl (C=O) groups is 1. The van der Waals surface area contributed by atoms with Crippen LogP contribution in [0.3, 0.4) is 0 Å². The third-order valence-corrected chi connectivity index (χ3v) is 6.05. The Bertz CT molecular complexity index is 842. The van der Waals surface area contributed by atoms with Crippen molar-refractivity contribution >= 4 is 5.91 Å². The normalized spacial score (nSPS) is 12.9. The molecule has 0 heterocycles. The van der Waals surface area contributed by atoms with Crippen LogP contribution in [0.2, 0.25) is 0 Å². The van der Waals surface area contributed by atoms with Crippen molar-refractivity contribution in [3.63, 3.8) is 0 Å². The highest BCUT2D eigenvalue weighted by Crippen LogP contribution is 2.18. The molecule has 0 saturated heterocycles. The molecule has 0 aromatic heterocycles. The zero-order valence-electron chi connectivity index (χ0n) is 23.1. The predicted octanol–water partition coefficient (Wildman–Crippen LogP) is 6.92. The molecule has 2 N–H and O–H groups in total.